The number of benzene rings is 2. The van der Waals surface area contributed by atoms with Crippen LogP contribution >= 0.6 is 0 Å². The molecule has 1 atom stereocenters. The summed E-state index contributed by atoms with van der Waals surface area (Å²) in [7, 11) is 0. The van der Waals surface area contributed by atoms with Crippen LogP contribution < -0.4 is 10.6 Å². The Bertz CT molecular complexity index is 955. The van der Waals surface area contributed by atoms with Crippen LogP contribution in [0.3, 0.4) is 0 Å². The lowest BCUT2D eigenvalue weighted by Gasteiger charge is -2.20. The normalized spacial score (nSPS) is 14.1. The number of carbonyl (C=O) groups is 3. The molecule has 0 aromatic heterocycles. The number of aryl methyl sites for hydroxylation is 2. The van der Waals surface area contributed by atoms with Crippen molar-refractivity contribution in [2.24, 2.45) is 0 Å². The molecule has 2 amide bonds. The third-order valence-electron chi connectivity index (χ3n) is 4.81. The van der Waals surface area contributed by atoms with E-state index >= 15 is 0 Å². The first-order valence-corrected chi connectivity index (χ1v) is 8.50. The first-order chi connectivity index (χ1) is 12.8. The van der Waals surface area contributed by atoms with Gasteiger partial charge >= 0.3 is 5.97 Å². The monoisotopic (exact) mass is 370 g/mol. The molecule has 1 aliphatic rings. The van der Waals surface area contributed by atoms with E-state index < -0.39 is 23.7 Å². The van der Waals surface area contributed by atoms with Crippen LogP contribution in [0.5, 0.6) is 0 Å². The molecule has 0 fully saturated rings. The molecule has 6 nitrogen and oxygen atoms in total. The van der Waals surface area contributed by atoms with E-state index in [1.54, 1.807) is 19.1 Å². The molecule has 0 spiro atoms. The number of aliphatic carboxylic acids is 1. The molecule has 1 heterocycles. The van der Waals surface area contributed by atoms with E-state index in [2.05, 4.69) is 10.6 Å². The van der Waals surface area contributed by atoms with Crippen molar-refractivity contribution in [1.29, 1.82) is 0 Å². The number of fused-ring (bicyclic) bond motifs is 1. The van der Waals surface area contributed by atoms with Gasteiger partial charge in [0.25, 0.3) is 5.91 Å². The number of nitrogens with one attached hydrogen (secondary N) is 2. The standard InChI is InChI=1S/C20H19FN2O4/c1-10-4-3-5-13(11(10)2)18(20(26)27)23-19(25)14-8-12-6-7-17(24)22-16(12)9-15(14)21/h3-5,8-9,18H,6-7H2,1-2H3,(H,22,24)(H,23,25)(H,26,27). The van der Waals surface area contributed by atoms with Crippen LogP contribution in [-0.4, -0.2) is 22.9 Å². The van der Waals surface area contributed by atoms with Crippen LogP contribution in [0.25, 0.3) is 0 Å². The van der Waals surface area contributed by atoms with Gasteiger partial charge in [-0.05, 0) is 54.7 Å². The molecule has 2 aromatic carbocycles. The zero-order valence-electron chi connectivity index (χ0n) is 14.9. The molecular weight excluding hydrogens is 351 g/mol. The maximum Gasteiger partial charge on any atom is 0.330 e. The molecule has 140 valence electrons. The van der Waals surface area contributed by atoms with E-state index in [1.165, 1.54) is 6.07 Å². The first kappa shape index (κ1) is 18.6. The highest BCUT2D eigenvalue weighted by molar-refractivity contribution is 5.99. The van der Waals surface area contributed by atoms with Crippen LogP contribution in [0.1, 0.15) is 45.1 Å². The topological polar surface area (TPSA) is 95.5 Å². The SMILES string of the molecule is Cc1cccc(C(NC(=O)c2cc3c(cc2F)NC(=O)CC3)C(=O)O)c1C. The minimum absolute atomic E-state index is 0.208. The Balaban J connectivity index is 1.92. The highest BCUT2D eigenvalue weighted by Crippen LogP contribution is 2.27. The fourth-order valence-electron chi connectivity index (χ4n) is 3.14. The third-order valence-corrected chi connectivity index (χ3v) is 4.81. The van der Waals surface area contributed by atoms with E-state index in [0.717, 1.165) is 17.2 Å². The van der Waals surface area contributed by atoms with Crippen molar-refractivity contribution in [2.45, 2.75) is 32.7 Å². The summed E-state index contributed by atoms with van der Waals surface area (Å²) in [6.07, 6.45) is 0.640. The second kappa shape index (κ2) is 7.19. The number of carboxylic acid groups (broad SMARTS) is 1. The summed E-state index contributed by atoms with van der Waals surface area (Å²) in [5.41, 5.74) is 2.81. The van der Waals surface area contributed by atoms with Crippen LogP contribution in [-0.2, 0) is 16.0 Å². The summed E-state index contributed by atoms with van der Waals surface area (Å²) in [5.74, 6) is -3.08. The first-order valence-electron chi connectivity index (χ1n) is 8.50. The van der Waals surface area contributed by atoms with Crippen molar-refractivity contribution in [3.8, 4) is 0 Å². The Kier molecular flexibility index (Phi) is 4.94. The highest BCUT2D eigenvalue weighted by atomic mass is 19.1. The lowest BCUT2D eigenvalue weighted by molar-refractivity contribution is -0.139. The lowest BCUT2D eigenvalue weighted by atomic mass is 9.96. The largest absolute Gasteiger partial charge is 0.479 e. The smallest absolute Gasteiger partial charge is 0.330 e. The fraction of sp³-hybridized carbons (Fsp3) is 0.250. The second-order valence-corrected chi connectivity index (χ2v) is 6.57. The molecule has 0 saturated heterocycles. The molecule has 3 rings (SSSR count). The predicted molar refractivity (Wildman–Crippen MR) is 97.1 cm³/mol. The number of hydrogen-bond acceptors (Lipinski definition) is 3. The molecule has 27 heavy (non-hydrogen) atoms. The van der Waals surface area contributed by atoms with E-state index in [1.807, 2.05) is 13.0 Å². The zero-order valence-corrected chi connectivity index (χ0v) is 14.9. The molecule has 0 aliphatic carbocycles. The van der Waals surface area contributed by atoms with Gasteiger partial charge in [-0.3, -0.25) is 9.59 Å². The summed E-state index contributed by atoms with van der Waals surface area (Å²) in [4.78, 5) is 35.7. The maximum absolute atomic E-state index is 14.4. The number of halogens is 1. The van der Waals surface area contributed by atoms with Gasteiger partial charge in [-0.2, -0.15) is 0 Å². The van der Waals surface area contributed by atoms with Crippen LogP contribution in [0.15, 0.2) is 30.3 Å². The van der Waals surface area contributed by atoms with Crippen molar-refractivity contribution in [2.75, 3.05) is 5.32 Å². The van der Waals surface area contributed by atoms with E-state index in [0.29, 0.717) is 23.2 Å². The van der Waals surface area contributed by atoms with E-state index in [9.17, 15) is 23.9 Å². The van der Waals surface area contributed by atoms with Crippen molar-refractivity contribution in [3.63, 3.8) is 0 Å². The summed E-state index contributed by atoms with van der Waals surface area (Å²) in [5, 5.41) is 14.5. The molecule has 1 unspecified atom stereocenters. The predicted octanol–water partition coefficient (Wildman–Crippen LogP) is 2.88. The molecule has 2 aromatic rings. The number of hydrogen-bond donors (Lipinski definition) is 3. The van der Waals surface area contributed by atoms with Crippen LogP contribution in [0.2, 0.25) is 0 Å². The van der Waals surface area contributed by atoms with Gasteiger partial charge in [0, 0.05) is 12.1 Å². The quantitative estimate of drug-likeness (QED) is 0.771. The highest BCUT2D eigenvalue weighted by Gasteiger charge is 2.27. The molecular formula is C20H19FN2O4. The maximum atomic E-state index is 14.4. The molecule has 7 heteroatoms. The lowest BCUT2D eigenvalue weighted by Crippen LogP contribution is -2.35. The van der Waals surface area contributed by atoms with Crippen molar-refractivity contribution in [3.05, 3.63) is 64.0 Å². The van der Waals surface area contributed by atoms with Crippen molar-refractivity contribution in [1.82, 2.24) is 5.32 Å². The Morgan fingerprint density at radius 3 is 2.67 bits per heavy atom. The molecule has 0 bridgehead atoms. The Morgan fingerprint density at radius 2 is 1.96 bits per heavy atom. The average molecular weight is 370 g/mol. The minimum Gasteiger partial charge on any atom is -0.479 e. The van der Waals surface area contributed by atoms with Gasteiger partial charge in [0.15, 0.2) is 6.04 Å². The molecule has 0 radical (unpaired) electrons. The summed E-state index contributed by atoms with van der Waals surface area (Å²) in [6.45, 7) is 3.62. The molecule has 1 aliphatic heterocycles. The van der Waals surface area contributed by atoms with Crippen molar-refractivity contribution >= 4 is 23.5 Å². The summed E-state index contributed by atoms with van der Waals surface area (Å²) < 4.78 is 14.4. The zero-order chi connectivity index (χ0) is 19.7. The van der Waals surface area contributed by atoms with Gasteiger partial charge in [0.1, 0.15) is 5.82 Å². The molecule has 3 N–H and O–H groups in total. The van der Waals surface area contributed by atoms with Gasteiger partial charge in [0.05, 0.1) is 5.56 Å². The molecule has 0 saturated carbocycles. The Morgan fingerprint density at radius 1 is 1.22 bits per heavy atom. The van der Waals surface area contributed by atoms with Gasteiger partial charge < -0.3 is 15.7 Å². The van der Waals surface area contributed by atoms with Gasteiger partial charge in [0.2, 0.25) is 5.91 Å². The van der Waals surface area contributed by atoms with E-state index in [-0.39, 0.29) is 17.9 Å². The van der Waals surface area contributed by atoms with Crippen LogP contribution in [0.4, 0.5) is 10.1 Å². The Labute approximate surface area is 155 Å². The number of amides is 2. The van der Waals surface area contributed by atoms with Gasteiger partial charge in [-0.15, -0.1) is 0 Å². The number of rotatable bonds is 4. The van der Waals surface area contributed by atoms with E-state index in [4.69, 9.17) is 0 Å². The average Bonchev–Trinajstić information content (AvgIpc) is 2.61. The van der Waals surface area contributed by atoms with Gasteiger partial charge in [-0.25, -0.2) is 9.18 Å². The third kappa shape index (κ3) is 3.67. The van der Waals surface area contributed by atoms with Crippen LogP contribution in [0, 0.1) is 19.7 Å². The van der Waals surface area contributed by atoms with Gasteiger partial charge in [-0.1, -0.05) is 18.2 Å². The number of carbonyl (C=O) groups excluding carboxylic acids is 2. The number of carboxylic acids is 1. The summed E-state index contributed by atoms with van der Waals surface area (Å²) >= 11 is 0. The number of anilines is 1. The Hall–Kier alpha value is -3.22. The second-order valence-electron chi connectivity index (χ2n) is 6.57. The minimum atomic E-state index is -1.30. The van der Waals surface area contributed by atoms with Crippen molar-refractivity contribution < 1.29 is 23.9 Å². The fourth-order valence-corrected chi connectivity index (χ4v) is 3.14. The summed E-state index contributed by atoms with van der Waals surface area (Å²) in [6, 6.07) is 6.34.